The first-order chi connectivity index (χ1) is 13.4. The maximum absolute atomic E-state index is 12.6. The fourth-order valence-corrected chi connectivity index (χ4v) is 3.54. The molecule has 1 aromatic carbocycles. The third-order valence-corrected chi connectivity index (χ3v) is 5.41. The van der Waals surface area contributed by atoms with Gasteiger partial charge in [-0.1, -0.05) is 23.9 Å². The van der Waals surface area contributed by atoms with Gasteiger partial charge in [0.25, 0.3) is 0 Å². The van der Waals surface area contributed by atoms with Crippen molar-refractivity contribution in [1.29, 1.82) is 0 Å². The maximum Gasteiger partial charge on any atom is 0.217 e. The lowest BCUT2D eigenvalue weighted by atomic mass is 10.0. The van der Waals surface area contributed by atoms with Crippen molar-refractivity contribution in [3.8, 4) is 0 Å². The summed E-state index contributed by atoms with van der Waals surface area (Å²) >= 11 is 1.32. The number of primary amides is 1. The average Bonchev–Trinajstić information content (AvgIpc) is 3.31. The summed E-state index contributed by atoms with van der Waals surface area (Å²) < 4.78 is 7.28. The Morgan fingerprint density at radius 2 is 2.00 bits per heavy atom. The fourth-order valence-electron chi connectivity index (χ4n) is 2.69. The van der Waals surface area contributed by atoms with Crippen LogP contribution >= 0.6 is 11.8 Å². The van der Waals surface area contributed by atoms with E-state index >= 15 is 0 Å². The minimum absolute atomic E-state index is 0.0272. The molecular weight excluding hydrogens is 376 g/mol. The van der Waals surface area contributed by atoms with E-state index < -0.39 is 5.91 Å². The summed E-state index contributed by atoms with van der Waals surface area (Å²) in [6, 6.07) is 9.36. The third kappa shape index (κ3) is 4.89. The van der Waals surface area contributed by atoms with Crippen molar-refractivity contribution in [2.45, 2.75) is 38.4 Å². The lowest BCUT2D eigenvalue weighted by Crippen LogP contribution is -2.14. The summed E-state index contributed by atoms with van der Waals surface area (Å²) in [4.78, 5) is 23.7. The molecule has 146 valence electrons. The third-order valence-electron chi connectivity index (χ3n) is 4.44. The molecule has 7 nitrogen and oxygen atoms in total. The van der Waals surface area contributed by atoms with Crippen LogP contribution < -0.4 is 5.73 Å². The molecule has 0 saturated carbocycles. The summed E-state index contributed by atoms with van der Waals surface area (Å²) in [6.07, 6.45) is 2.16. The number of nitrogens with zero attached hydrogens (tertiary/aromatic N) is 3. The van der Waals surface area contributed by atoms with Gasteiger partial charge in [-0.05, 0) is 43.2 Å². The van der Waals surface area contributed by atoms with Crippen molar-refractivity contribution < 1.29 is 14.0 Å². The second-order valence-electron chi connectivity index (χ2n) is 6.54. The van der Waals surface area contributed by atoms with E-state index in [1.54, 1.807) is 12.3 Å². The van der Waals surface area contributed by atoms with Gasteiger partial charge in [-0.3, -0.25) is 14.2 Å². The molecular formula is C20H22N4O3S. The quantitative estimate of drug-likeness (QED) is 0.439. The fraction of sp³-hybridized carbons (Fsp3) is 0.300. The van der Waals surface area contributed by atoms with Crippen LogP contribution in [0.15, 0.2) is 46.2 Å². The number of hydrogen-bond donors (Lipinski definition) is 1. The molecule has 0 fully saturated rings. The van der Waals surface area contributed by atoms with Gasteiger partial charge in [0, 0.05) is 18.4 Å². The Morgan fingerprint density at radius 1 is 1.18 bits per heavy atom. The first-order valence-electron chi connectivity index (χ1n) is 8.90. The molecule has 3 aromatic rings. The number of hydrogen-bond acceptors (Lipinski definition) is 6. The lowest BCUT2D eigenvalue weighted by Gasteiger charge is -2.08. The molecule has 0 spiro atoms. The highest BCUT2D eigenvalue weighted by atomic mass is 32.2. The SMILES string of the molecule is Cc1ccc(C(=O)CSc2nnc(CCC(N)=O)n2Cc2ccco2)cc1C. The van der Waals surface area contributed by atoms with Crippen molar-refractivity contribution in [3.63, 3.8) is 0 Å². The number of nitrogens with two attached hydrogens (primary N) is 1. The molecule has 0 aliphatic heterocycles. The van der Waals surface area contributed by atoms with E-state index in [-0.39, 0.29) is 18.0 Å². The molecule has 8 heteroatoms. The van der Waals surface area contributed by atoms with Crippen molar-refractivity contribution in [3.05, 3.63) is 64.9 Å². The molecule has 0 bridgehead atoms. The van der Waals surface area contributed by atoms with Crippen LogP contribution in [-0.4, -0.2) is 32.2 Å². The van der Waals surface area contributed by atoms with E-state index in [1.165, 1.54) is 11.8 Å². The van der Waals surface area contributed by atoms with E-state index in [0.717, 1.165) is 16.9 Å². The highest BCUT2D eigenvalue weighted by molar-refractivity contribution is 7.99. The van der Waals surface area contributed by atoms with Crippen LogP contribution in [-0.2, 0) is 17.8 Å². The van der Waals surface area contributed by atoms with Crippen LogP contribution in [0, 0.1) is 13.8 Å². The number of furan rings is 1. The number of rotatable bonds is 9. The monoisotopic (exact) mass is 398 g/mol. The average molecular weight is 398 g/mol. The highest BCUT2D eigenvalue weighted by Crippen LogP contribution is 2.21. The second kappa shape index (κ2) is 8.88. The minimum atomic E-state index is -0.397. The summed E-state index contributed by atoms with van der Waals surface area (Å²) in [5.74, 6) is 1.25. The van der Waals surface area contributed by atoms with Gasteiger partial charge in [0.15, 0.2) is 10.9 Å². The topological polar surface area (TPSA) is 104 Å². The minimum Gasteiger partial charge on any atom is -0.467 e. The van der Waals surface area contributed by atoms with E-state index in [9.17, 15) is 9.59 Å². The smallest absolute Gasteiger partial charge is 0.217 e. The molecule has 28 heavy (non-hydrogen) atoms. The zero-order chi connectivity index (χ0) is 20.1. The van der Waals surface area contributed by atoms with E-state index in [1.807, 2.05) is 42.7 Å². The summed E-state index contributed by atoms with van der Waals surface area (Å²) in [5, 5.41) is 8.98. The molecule has 2 heterocycles. The number of carbonyl (C=O) groups is 2. The molecule has 0 aliphatic rings. The van der Waals surface area contributed by atoms with Crippen LogP contribution in [0.1, 0.15) is 39.5 Å². The number of carbonyl (C=O) groups excluding carboxylic acids is 2. The molecule has 1 amide bonds. The van der Waals surface area contributed by atoms with Gasteiger partial charge in [-0.15, -0.1) is 10.2 Å². The van der Waals surface area contributed by atoms with E-state index in [0.29, 0.717) is 29.5 Å². The first kappa shape index (κ1) is 19.9. The maximum atomic E-state index is 12.6. The number of benzene rings is 1. The van der Waals surface area contributed by atoms with Crippen molar-refractivity contribution in [2.24, 2.45) is 5.73 Å². The highest BCUT2D eigenvalue weighted by Gasteiger charge is 2.17. The summed E-state index contributed by atoms with van der Waals surface area (Å²) in [7, 11) is 0. The van der Waals surface area contributed by atoms with Gasteiger partial charge in [0.2, 0.25) is 5.91 Å². The second-order valence-corrected chi connectivity index (χ2v) is 7.48. The van der Waals surface area contributed by atoms with Gasteiger partial charge in [-0.25, -0.2) is 0 Å². The van der Waals surface area contributed by atoms with Gasteiger partial charge in [0.1, 0.15) is 11.6 Å². The Labute approximate surface area is 167 Å². The van der Waals surface area contributed by atoms with Gasteiger partial charge in [-0.2, -0.15) is 0 Å². The first-order valence-corrected chi connectivity index (χ1v) is 9.88. The molecule has 2 aromatic heterocycles. The summed E-state index contributed by atoms with van der Waals surface area (Å²) in [6.45, 7) is 4.43. The summed E-state index contributed by atoms with van der Waals surface area (Å²) in [5.41, 5.74) is 8.18. The Morgan fingerprint density at radius 3 is 2.68 bits per heavy atom. The van der Waals surface area contributed by atoms with Crippen molar-refractivity contribution >= 4 is 23.5 Å². The van der Waals surface area contributed by atoms with Gasteiger partial charge < -0.3 is 10.2 Å². The Hall–Kier alpha value is -2.87. The standard InChI is InChI=1S/C20H22N4O3S/c1-13-5-6-15(10-14(13)2)17(25)12-28-20-23-22-19(8-7-18(21)26)24(20)11-16-4-3-9-27-16/h3-6,9-10H,7-8,11-12H2,1-2H3,(H2,21,26). The van der Waals surface area contributed by atoms with Crippen molar-refractivity contribution in [1.82, 2.24) is 14.8 Å². The number of Topliss-reactive ketones (excluding diaryl/α,β-unsaturated/α-hetero) is 1. The normalized spacial score (nSPS) is 10.9. The molecule has 0 unspecified atom stereocenters. The van der Waals surface area contributed by atoms with Crippen LogP contribution in [0.25, 0.3) is 0 Å². The number of thioether (sulfide) groups is 1. The van der Waals surface area contributed by atoms with E-state index in [4.69, 9.17) is 10.2 Å². The van der Waals surface area contributed by atoms with Crippen LogP contribution in [0.5, 0.6) is 0 Å². The number of amides is 1. The molecule has 0 aliphatic carbocycles. The zero-order valence-corrected chi connectivity index (χ0v) is 16.7. The predicted octanol–water partition coefficient (Wildman–Crippen LogP) is 2.93. The number of ketones is 1. The Kier molecular flexibility index (Phi) is 6.30. The number of aromatic nitrogens is 3. The molecule has 0 saturated heterocycles. The van der Waals surface area contributed by atoms with Crippen LogP contribution in [0.4, 0.5) is 0 Å². The van der Waals surface area contributed by atoms with Crippen LogP contribution in [0.2, 0.25) is 0 Å². The number of aryl methyl sites for hydroxylation is 3. The Balaban J connectivity index is 1.75. The molecule has 0 radical (unpaired) electrons. The Bertz CT molecular complexity index is 980. The largest absolute Gasteiger partial charge is 0.467 e. The van der Waals surface area contributed by atoms with Crippen molar-refractivity contribution in [2.75, 3.05) is 5.75 Å². The molecule has 3 rings (SSSR count). The zero-order valence-electron chi connectivity index (χ0n) is 15.8. The lowest BCUT2D eigenvalue weighted by molar-refractivity contribution is -0.118. The molecule has 2 N–H and O–H groups in total. The van der Waals surface area contributed by atoms with Gasteiger partial charge >= 0.3 is 0 Å². The van der Waals surface area contributed by atoms with E-state index in [2.05, 4.69) is 10.2 Å². The van der Waals surface area contributed by atoms with Crippen LogP contribution in [0.3, 0.4) is 0 Å². The van der Waals surface area contributed by atoms with Gasteiger partial charge in [0.05, 0.1) is 18.6 Å². The molecule has 0 atom stereocenters. The predicted molar refractivity (Wildman–Crippen MR) is 106 cm³/mol.